The fourth-order valence-electron chi connectivity index (χ4n) is 3.54. The van der Waals surface area contributed by atoms with E-state index >= 15 is 0 Å². The van der Waals surface area contributed by atoms with Crippen molar-refractivity contribution in [1.82, 2.24) is 10.2 Å². The van der Waals surface area contributed by atoms with E-state index in [1.165, 1.54) is 17.7 Å². The molecule has 0 aliphatic carbocycles. The average Bonchev–Trinajstić information content (AvgIpc) is 2.73. The van der Waals surface area contributed by atoms with Crippen LogP contribution in [-0.2, 0) is 21.5 Å². The molecule has 0 saturated carbocycles. The third-order valence-electron chi connectivity index (χ3n) is 5.35. The van der Waals surface area contributed by atoms with Gasteiger partial charge in [-0.2, -0.15) is 0 Å². The number of nitrogens with one attached hydrogen (secondary N) is 1. The van der Waals surface area contributed by atoms with Crippen molar-refractivity contribution in [3.8, 4) is 0 Å². The van der Waals surface area contributed by atoms with Gasteiger partial charge in [-0.3, -0.25) is 9.59 Å². The van der Waals surface area contributed by atoms with Gasteiger partial charge in [0.2, 0.25) is 0 Å². The number of amides is 2. The van der Waals surface area contributed by atoms with Crippen molar-refractivity contribution in [3.05, 3.63) is 71.5 Å². The third kappa shape index (κ3) is 4.88. The molecule has 150 valence electrons. The lowest BCUT2D eigenvalue weighted by molar-refractivity contribution is -0.147. The molecule has 0 unspecified atom stereocenters. The first kappa shape index (κ1) is 21.9. The molecule has 1 saturated heterocycles. The molecule has 1 aliphatic rings. The van der Waals surface area contributed by atoms with Crippen LogP contribution in [0.15, 0.2) is 54.6 Å². The number of nitrogens with two attached hydrogens (primary N) is 1. The van der Waals surface area contributed by atoms with Crippen LogP contribution < -0.4 is 11.1 Å². The van der Waals surface area contributed by atoms with E-state index < -0.39 is 11.8 Å². The quantitative estimate of drug-likeness (QED) is 0.767. The number of halogens is 2. The summed E-state index contributed by atoms with van der Waals surface area (Å²) in [5.74, 6) is -1.51. The maximum atomic E-state index is 12.9. The van der Waals surface area contributed by atoms with Gasteiger partial charge in [-0.05, 0) is 36.1 Å². The molecule has 1 fully saturated rings. The highest BCUT2D eigenvalue weighted by molar-refractivity contribution is 6.35. The van der Waals surface area contributed by atoms with Crippen LogP contribution in [0.25, 0.3) is 0 Å². The topological polar surface area (TPSA) is 75.4 Å². The second-order valence-corrected chi connectivity index (χ2v) is 6.95. The van der Waals surface area contributed by atoms with E-state index in [0.717, 1.165) is 18.4 Å². The first-order valence-electron chi connectivity index (χ1n) is 9.11. The number of hydrogen-bond acceptors (Lipinski definition) is 3. The van der Waals surface area contributed by atoms with E-state index in [1.54, 1.807) is 17.0 Å². The maximum absolute atomic E-state index is 12.9. The molecule has 0 aromatic heterocycles. The molecule has 7 heteroatoms. The Kier molecular flexibility index (Phi) is 7.54. The van der Waals surface area contributed by atoms with Crippen molar-refractivity contribution in [2.45, 2.75) is 24.8 Å². The number of nitrogens with zero attached hydrogens (tertiary/aromatic N) is 1. The largest absolute Gasteiger partial charge is 0.344 e. The van der Waals surface area contributed by atoms with Gasteiger partial charge in [-0.25, -0.2) is 4.39 Å². The van der Waals surface area contributed by atoms with Crippen molar-refractivity contribution in [1.29, 1.82) is 0 Å². The molecule has 1 aliphatic heterocycles. The van der Waals surface area contributed by atoms with Gasteiger partial charge >= 0.3 is 11.8 Å². The molecule has 2 aromatic rings. The lowest BCUT2D eigenvalue weighted by Crippen LogP contribution is -2.51. The van der Waals surface area contributed by atoms with Gasteiger partial charge in [-0.15, -0.1) is 12.4 Å². The Morgan fingerprint density at radius 3 is 2.21 bits per heavy atom. The SMILES string of the molecule is Cl.NCC1(c2ccccc2)CCN(C(=O)C(=O)NCc2ccc(F)cc2)CC1. The lowest BCUT2D eigenvalue weighted by Gasteiger charge is -2.41. The summed E-state index contributed by atoms with van der Waals surface area (Å²) in [6.45, 7) is 1.69. The molecule has 0 spiro atoms. The van der Waals surface area contributed by atoms with Crippen molar-refractivity contribution >= 4 is 24.2 Å². The van der Waals surface area contributed by atoms with Crippen LogP contribution in [0.5, 0.6) is 0 Å². The summed E-state index contributed by atoms with van der Waals surface area (Å²) >= 11 is 0. The Morgan fingerprint density at radius 1 is 1.04 bits per heavy atom. The van der Waals surface area contributed by atoms with E-state index in [2.05, 4.69) is 17.4 Å². The molecule has 0 radical (unpaired) electrons. The predicted molar refractivity (Wildman–Crippen MR) is 108 cm³/mol. The molecule has 1 heterocycles. The van der Waals surface area contributed by atoms with E-state index in [4.69, 9.17) is 5.73 Å². The smallest absolute Gasteiger partial charge is 0.311 e. The number of likely N-dealkylation sites (tertiary alicyclic amines) is 1. The highest BCUT2D eigenvalue weighted by Crippen LogP contribution is 2.34. The Labute approximate surface area is 170 Å². The third-order valence-corrected chi connectivity index (χ3v) is 5.35. The van der Waals surface area contributed by atoms with E-state index in [0.29, 0.717) is 19.6 Å². The van der Waals surface area contributed by atoms with Gasteiger partial charge in [0, 0.05) is 31.6 Å². The predicted octanol–water partition coefficient (Wildman–Crippen LogP) is 2.38. The zero-order valence-corrected chi connectivity index (χ0v) is 16.4. The van der Waals surface area contributed by atoms with Gasteiger partial charge < -0.3 is 16.0 Å². The van der Waals surface area contributed by atoms with Crippen molar-refractivity contribution < 1.29 is 14.0 Å². The number of rotatable bonds is 4. The van der Waals surface area contributed by atoms with Crippen LogP contribution in [0.4, 0.5) is 4.39 Å². The second kappa shape index (κ2) is 9.66. The standard InChI is InChI=1S/C21H24FN3O2.ClH/c22-18-8-6-16(7-9-18)14-24-19(26)20(27)25-12-10-21(15-23,11-13-25)17-4-2-1-3-5-17;/h1-9H,10-15,23H2,(H,24,26);1H. The van der Waals surface area contributed by atoms with Gasteiger partial charge in [0.25, 0.3) is 0 Å². The van der Waals surface area contributed by atoms with E-state index in [-0.39, 0.29) is 30.2 Å². The average molecular weight is 406 g/mol. The van der Waals surface area contributed by atoms with Gasteiger partial charge in [0.05, 0.1) is 0 Å². The zero-order valence-electron chi connectivity index (χ0n) is 15.6. The molecule has 0 bridgehead atoms. The highest BCUT2D eigenvalue weighted by Gasteiger charge is 2.37. The number of hydrogen-bond donors (Lipinski definition) is 2. The molecular formula is C21H25ClFN3O2. The summed E-state index contributed by atoms with van der Waals surface area (Å²) in [6.07, 6.45) is 1.45. The van der Waals surface area contributed by atoms with Crippen molar-refractivity contribution in [2.24, 2.45) is 5.73 Å². The van der Waals surface area contributed by atoms with E-state index in [1.807, 2.05) is 18.2 Å². The number of benzene rings is 2. The number of carbonyl (C=O) groups excluding carboxylic acids is 2. The van der Waals surface area contributed by atoms with Gasteiger partial charge in [0.1, 0.15) is 5.82 Å². The molecular weight excluding hydrogens is 381 g/mol. The minimum atomic E-state index is -0.640. The normalized spacial score (nSPS) is 15.4. The first-order valence-corrected chi connectivity index (χ1v) is 9.11. The molecule has 2 amide bonds. The molecule has 28 heavy (non-hydrogen) atoms. The Morgan fingerprint density at radius 2 is 1.64 bits per heavy atom. The van der Waals surface area contributed by atoms with Crippen LogP contribution in [0.2, 0.25) is 0 Å². The Bertz CT molecular complexity index is 791. The zero-order chi connectivity index (χ0) is 19.3. The molecule has 5 nitrogen and oxygen atoms in total. The summed E-state index contributed by atoms with van der Waals surface area (Å²) in [7, 11) is 0. The summed E-state index contributed by atoms with van der Waals surface area (Å²) in [6, 6.07) is 15.9. The van der Waals surface area contributed by atoms with Crippen molar-refractivity contribution in [3.63, 3.8) is 0 Å². The minimum absolute atomic E-state index is 0. The van der Waals surface area contributed by atoms with Gasteiger partial charge in [-0.1, -0.05) is 42.5 Å². The molecule has 3 N–H and O–H groups in total. The van der Waals surface area contributed by atoms with Crippen LogP contribution >= 0.6 is 12.4 Å². The number of carbonyl (C=O) groups is 2. The minimum Gasteiger partial charge on any atom is -0.344 e. The lowest BCUT2D eigenvalue weighted by atomic mass is 9.73. The van der Waals surface area contributed by atoms with Crippen molar-refractivity contribution in [2.75, 3.05) is 19.6 Å². The monoisotopic (exact) mass is 405 g/mol. The van der Waals surface area contributed by atoms with Crippen LogP contribution in [-0.4, -0.2) is 36.3 Å². The van der Waals surface area contributed by atoms with Gasteiger partial charge in [0.15, 0.2) is 0 Å². The summed E-state index contributed by atoms with van der Waals surface area (Å²) in [4.78, 5) is 26.2. The highest BCUT2D eigenvalue weighted by atomic mass is 35.5. The maximum Gasteiger partial charge on any atom is 0.311 e. The second-order valence-electron chi connectivity index (χ2n) is 6.95. The van der Waals surface area contributed by atoms with Crippen LogP contribution in [0.3, 0.4) is 0 Å². The molecule has 2 aromatic carbocycles. The summed E-state index contributed by atoms with van der Waals surface area (Å²) in [5, 5.41) is 2.60. The Balaban J connectivity index is 0.00000280. The molecule has 0 atom stereocenters. The number of piperidine rings is 1. The van der Waals surface area contributed by atoms with Crippen LogP contribution in [0.1, 0.15) is 24.0 Å². The molecule has 3 rings (SSSR count). The van der Waals surface area contributed by atoms with Crippen LogP contribution in [0, 0.1) is 5.82 Å². The fourth-order valence-corrected chi connectivity index (χ4v) is 3.54. The first-order chi connectivity index (χ1) is 13.0. The fraction of sp³-hybridized carbons (Fsp3) is 0.333. The summed E-state index contributed by atoms with van der Waals surface area (Å²) < 4.78 is 12.9. The van der Waals surface area contributed by atoms with E-state index in [9.17, 15) is 14.0 Å². The Hall–Kier alpha value is -2.44. The summed E-state index contributed by atoms with van der Waals surface area (Å²) in [5.41, 5.74) is 7.83.